The molecule has 0 fully saturated rings. The van der Waals surface area contributed by atoms with Crippen molar-refractivity contribution in [3.05, 3.63) is 40.9 Å². The Labute approximate surface area is 89.0 Å². The van der Waals surface area contributed by atoms with Crippen molar-refractivity contribution in [1.29, 1.82) is 0 Å². The minimum atomic E-state index is -0.619. The van der Waals surface area contributed by atoms with Crippen LogP contribution in [0.2, 0.25) is 5.02 Å². The Hall–Kier alpha value is -0.990. The molecule has 3 N–H and O–H groups in total. The highest BCUT2D eigenvalue weighted by Crippen LogP contribution is 2.27. The van der Waals surface area contributed by atoms with E-state index in [4.69, 9.17) is 17.3 Å². The van der Waals surface area contributed by atoms with Gasteiger partial charge in [0.1, 0.15) is 0 Å². The van der Waals surface area contributed by atoms with Gasteiger partial charge in [0.2, 0.25) is 0 Å². The summed E-state index contributed by atoms with van der Waals surface area (Å²) >= 11 is 5.81. The molecule has 14 heavy (non-hydrogen) atoms. The maximum absolute atomic E-state index is 9.80. The maximum Gasteiger partial charge on any atom is 0.0847 e. The van der Waals surface area contributed by atoms with Gasteiger partial charge in [0.25, 0.3) is 0 Å². The summed E-state index contributed by atoms with van der Waals surface area (Å²) in [6.07, 6.45) is -0.115. The molecule has 1 unspecified atom stereocenters. The van der Waals surface area contributed by atoms with E-state index in [2.05, 4.69) is 6.58 Å². The number of aliphatic hydroxyl groups excluding tert-OH is 1. The average Bonchev–Trinajstić information content (AvgIpc) is 2.08. The van der Waals surface area contributed by atoms with E-state index in [1.165, 1.54) is 0 Å². The van der Waals surface area contributed by atoms with Crippen LogP contribution in [0.5, 0.6) is 0 Å². The Morgan fingerprint density at radius 3 is 2.86 bits per heavy atom. The molecule has 0 aliphatic carbocycles. The fourth-order valence-corrected chi connectivity index (χ4v) is 1.45. The lowest BCUT2D eigenvalue weighted by Gasteiger charge is -2.13. The van der Waals surface area contributed by atoms with Gasteiger partial charge in [0, 0.05) is 16.3 Å². The number of halogens is 1. The van der Waals surface area contributed by atoms with Crippen LogP contribution >= 0.6 is 11.6 Å². The van der Waals surface area contributed by atoms with Crippen molar-refractivity contribution < 1.29 is 5.11 Å². The van der Waals surface area contributed by atoms with Gasteiger partial charge in [-0.15, -0.1) is 6.58 Å². The van der Waals surface area contributed by atoms with E-state index in [0.717, 1.165) is 5.57 Å². The Balaban J connectivity index is 2.93. The summed E-state index contributed by atoms with van der Waals surface area (Å²) < 4.78 is 0. The third kappa shape index (κ3) is 2.76. The molecule has 0 aromatic heterocycles. The van der Waals surface area contributed by atoms with Gasteiger partial charge in [-0.1, -0.05) is 17.2 Å². The van der Waals surface area contributed by atoms with Crippen LogP contribution in [0, 0.1) is 0 Å². The lowest BCUT2D eigenvalue weighted by Crippen LogP contribution is -2.02. The maximum atomic E-state index is 9.80. The second-order valence-electron chi connectivity index (χ2n) is 3.45. The molecule has 0 saturated heterocycles. The number of rotatable bonds is 3. The second kappa shape index (κ2) is 4.49. The zero-order valence-corrected chi connectivity index (χ0v) is 8.88. The van der Waals surface area contributed by atoms with Gasteiger partial charge in [-0.2, -0.15) is 0 Å². The molecule has 0 aliphatic rings. The van der Waals surface area contributed by atoms with Crippen LogP contribution in [-0.2, 0) is 0 Å². The van der Waals surface area contributed by atoms with Gasteiger partial charge in [-0.3, -0.25) is 0 Å². The zero-order valence-electron chi connectivity index (χ0n) is 8.13. The second-order valence-corrected chi connectivity index (χ2v) is 3.89. The Kier molecular flexibility index (Phi) is 3.55. The number of hydrogen-bond donors (Lipinski definition) is 2. The number of nitrogens with two attached hydrogens (primary N) is 1. The van der Waals surface area contributed by atoms with Crippen LogP contribution in [-0.4, -0.2) is 5.11 Å². The monoisotopic (exact) mass is 211 g/mol. The summed E-state index contributed by atoms with van der Waals surface area (Å²) in [4.78, 5) is 0. The van der Waals surface area contributed by atoms with Gasteiger partial charge < -0.3 is 10.8 Å². The molecule has 0 amide bonds. The molecule has 0 bridgehead atoms. The SMILES string of the molecule is C=C(C)CC(O)c1cc(Cl)ccc1N. The van der Waals surface area contributed by atoms with Gasteiger partial charge in [-0.25, -0.2) is 0 Å². The van der Waals surface area contributed by atoms with Crippen molar-refractivity contribution in [2.75, 3.05) is 5.73 Å². The van der Waals surface area contributed by atoms with Crippen molar-refractivity contribution in [3.8, 4) is 0 Å². The topological polar surface area (TPSA) is 46.2 Å². The fourth-order valence-electron chi connectivity index (χ4n) is 1.27. The first kappa shape index (κ1) is 11.1. The summed E-state index contributed by atoms with van der Waals surface area (Å²) in [7, 11) is 0. The summed E-state index contributed by atoms with van der Waals surface area (Å²) in [5, 5.41) is 10.4. The van der Waals surface area contributed by atoms with E-state index < -0.39 is 6.10 Å². The number of aliphatic hydroxyl groups is 1. The molecular weight excluding hydrogens is 198 g/mol. The zero-order chi connectivity index (χ0) is 10.7. The lowest BCUT2D eigenvalue weighted by molar-refractivity contribution is 0.179. The van der Waals surface area contributed by atoms with Crippen LogP contribution in [0.25, 0.3) is 0 Å². The smallest absolute Gasteiger partial charge is 0.0847 e. The van der Waals surface area contributed by atoms with Crippen molar-refractivity contribution in [1.82, 2.24) is 0 Å². The van der Waals surface area contributed by atoms with Crippen molar-refractivity contribution in [3.63, 3.8) is 0 Å². The fraction of sp³-hybridized carbons (Fsp3) is 0.273. The molecule has 0 saturated carbocycles. The molecule has 2 nitrogen and oxygen atoms in total. The molecule has 0 heterocycles. The number of benzene rings is 1. The van der Waals surface area contributed by atoms with Crippen LogP contribution in [0.4, 0.5) is 5.69 Å². The van der Waals surface area contributed by atoms with Crippen molar-refractivity contribution in [2.45, 2.75) is 19.4 Å². The van der Waals surface area contributed by atoms with E-state index >= 15 is 0 Å². The highest BCUT2D eigenvalue weighted by atomic mass is 35.5. The van der Waals surface area contributed by atoms with Crippen LogP contribution in [0.3, 0.4) is 0 Å². The number of hydrogen-bond acceptors (Lipinski definition) is 2. The molecular formula is C11H14ClNO. The quantitative estimate of drug-likeness (QED) is 0.597. The molecule has 1 aromatic carbocycles. The first-order chi connectivity index (χ1) is 6.50. The summed E-state index contributed by atoms with van der Waals surface area (Å²) in [5.74, 6) is 0. The third-order valence-electron chi connectivity index (χ3n) is 1.95. The third-order valence-corrected chi connectivity index (χ3v) is 2.18. The Morgan fingerprint density at radius 2 is 2.29 bits per heavy atom. The molecule has 1 aromatic rings. The Bertz CT molecular complexity index is 349. The standard InChI is InChI=1S/C11H14ClNO/c1-7(2)5-11(14)9-6-8(12)3-4-10(9)13/h3-4,6,11,14H,1,5,13H2,2H3. The number of nitrogen functional groups attached to an aromatic ring is 1. The highest BCUT2D eigenvalue weighted by Gasteiger charge is 2.11. The van der Waals surface area contributed by atoms with Gasteiger partial charge in [0.05, 0.1) is 6.10 Å². The predicted octanol–water partition coefficient (Wildman–Crippen LogP) is 2.92. The average molecular weight is 212 g/mol. The molecule has 1 atom stereocenters. The van der Waals surface area contributed by atoms with Crippen LogP contribution in [0.1, 0.15) is 25.0 Å². The van der Waals surface area contributed by atoms with Gasteiger partial charge in [-0.05, 0) is 31.5 Å². The van der Waals surface area contributed by atoms with E-state index in [1.54, 1.807) is 18.2 Å². The minimum Gasteiger partial charge on any atom is -0.398 e. The molecule has 76 valence electrons. The first-order valence-corrected chi connectivity index (χ1v) is 4.76. The minimum absolute atomic E-state index is 0.505. The summed E-state index contributed by atoms with van der Waals surface area (Å²) in [6.45, 7) is 5.60. The van der Waals surface area contributed by atoms with E-state index in [0.29, 0.717) is 22.7 Å². The molecule has 3 heteroatoms. The van der Waals surface area contributed by atoms with Crippen molar-refractivity contribution in [2.24, 2.45) is 0 Å². The molecule has 0 spiro atoms. The summed E-state index contributed by atoms with van der Waals surface area (Å²) in [6, 6.07) is 5.08. The van der Waals surface area contributed by atoms with Crippen LogP contribution in [0.15, 0.2) is 30.4 Å². The van der Waals surface area contributed by atoms with Gasteiger partial charge >= 0.3 is 0 Å². The van der Waals surface area contributed by atoms with E-state index in [9.17, 15) is 5.11 Å². The lowest BCUT2D eigenvalue weighted by atomic mass is 10.0. The summed E-state index contributed by atoms with van der Waals surface area (Å²) in [5.41, 5.74) is 7.86. The largest absolute Gasteiger partial charge is 0.398 e. The van der Waals surface area contributed by atoms with E-state index in [-0.39, 0.29) is 0 Å². The molecule has 0 radical (unpaired) electrons. The Morgan fingerprint density at radius 1 is 1.64 bits per heavy atom. The molecule has 1 rings (SSSR count). The highest BCUT2D eigenvalue weighted by molar-refractivity contribution is 6.30. The first-order valence-electron chi connectivity index (χ1n) is 4.38. The van der Waals surface area contributed by atoms with Crippen molar-refractivity contribution >= 4 is 17.3 Å². The predicted molar refractivity (Wildman–Crippen MR) is 60.3 cm³/mol. The van der Waals surface area contributed by atoms with Crippen LogP contribution < -0.4 is 5.73 Å². The number of anilines is 1. The van der Waals surface area contributed by atoms with Gasteiger partial charge in [0.15, 0.2) is 0 Å². The molecule has 0 aliphatic heterocycles. The normalized spacial score (nSPS) is 12.5. The van der Waals surface area contributed by atoms with E-state index in [1.807, 2.05) is 6.92 Å².